The first kappa shape index (κ1) is 24.1. The molecule has 174 valence electrons. The molecule has 3 N–H and O–H groups in total. The zero-order valence-corrected chi connectivity index (χ0v) is 18.5. The van der Waals surface area contributed by atoms with Crippen molar-refractivity contribution in [2.24, 2.45) is 0 Å². The molecule has 0 radical (unpaired) electrons. The number of ether oxygens (including phenoxy) is 2. The zero-order valence-electron chi connectivity index (χ0n) is 18.5. The molecule has 32 heavy (non-hydrogen) atoms. The average molecular weight is 449 g/mol. The van der Waals surface area contributed by atoms with E-state index in [4.69, 9.17) is 9.47 Å². The molecule has 3 atom stereocenters. The summed E-state index contributed by atoms with van der Waals surface area (Å²) in [6.45, 7) is 6.28. The number of hydrogen-bond acceptors (Lipinski definition) is 5. The van der Waals surface area contributed by atoms with Gasteiger partial charge in [0.2, 0.25) is 0 Å². The third-order valence-electron chi connectivity index (χ3n) is 5.09. The minimum Gasteiger partial charge on any atom is -0.444 e. The van der Waals surface area contributed by atoms with Gasteiger partial charge in [0.05, 0.1) is 31.4 Å². The number of hydrogen-bond donors (Lipinski definition) is 3. The van der Waals surface area contributed by atoms with Gasteiger partial charge in [-0.25, -0.2) is 13.6 Å². The van der Waals surface area contributed by atoms with Crippen LogP contribution in [0.3, 0.4) is 0 Å². The predicted octanol–water partition coefficient (Wildman–Crippen LogP) is 3.62. The number of halogens is 2. The number of fused-ring (bicyclic) bond motifs is 1. The summed E-state index contributed by atoms with van der Waals surface area (Å²) in [5.74, 6) is -1.45. The Balaban J connectivity index is 1.71. The number of alkyl carbamates (subject to hydrolysis) is 1. The highest BCUT2D eigenvalue weighted by Gasteiger charge is 2.27. The molecule has 1 aliphatic heterocycles. The van der Waals surface area contributed by atoms with E-state index in [0.717, 1.165) is 17.2 Å². The summed E-state index contributed by atoms with van der Waals surface area (Å²) < 4.78 is 38.2. The van der Waals surface area contributed by atoms with Gasteiger partial charge in [-0.3, -0.25) is 0 Å². The summed E-state index contributed by atoms with van der Waals surface area (Å²) in [7, 11) is 0. The second-order valence-corrected chi connectivity index (χ2v) is 8.98. The van der Waals surface area contributed by atoms with Crippen LogP contribution in [0, 0.1) is 11.6 Å². The minimum absolute atomic E-state index is 0.0223. The Morgan fingerprint density at radius 1 is 1.22 bits per heavy atom. The van der Waals surface area contributed by atoms with Gasteiger partial charge >= 0.3 is 6.09 Å². The number of carbonyl (C=O) groups is 1. The van der Waals surface area contributed by atoms with E-state index in [1.807, 2.05) is 24.3 Å². The van der Waals surface area contributed by atoms with Gasteiger partial charge in [0.1, 0.15) is 17.2 Å². The van der Waals surface area contributed by atoms with Gasteiger partial charge in [-0.1, -0.05) is 24.3 Å². The van der Waals surface area contributed by atoms with Crippen LogP contribution in [0.4, 0.5) is 13.6 Å². The molecule has 0 bridgehead atoms. The fourth-order valence-electron chi connectivity index (χ4n) is 3.68. The lowest BCUT2D eigenvalue weighted by atomic mass is 9.97. The van der Waals surface area contributed by atoms with E-state index < -0.39 is 35.5 Å². The van der Waals surface area contributed by atoms with Crippen LogP contribution in [0.25, 0.3) is 0 Å². The maximum atomic E-state index is 13.7. The molecule has 8 heteroatoms. The van der Waals surface area contributed by atoms with Crippen molar-refractivity contribution in [2.45, 2.75) is 57.6 Å². The van der Waals surface area contributed by atoms with Crippen LogP contribution in [0.5, 0.6) is 0 Å². The number of aliphatic hydroxyl groups is 1. The summed E-state index contributed by atoms with van der Waals surface area (Å²) >= 11 is 0. The zero-order chi connectivity index (χ0) is 23.3. The molecule has 2 aromatic rings. The summed E-state index contributed by atoms with van der Waals surface area (Å²) in [6, 6.07) is 10.1. The Bertz CT molecular complexity index is 912. The highest BCUT2D eigenvalue weighted by molar-refractivity contribution is 5.68. The quantitative estimate of drug-likeness (QED) is 0.603. The molecular weight excluding hydrogens is 418 g/mol. The van der Waals surface area contributed by atoms with Crippen molar-refractivity contribution < 1.29 is 28.2 Å². The summed E-state index contributed by atoms with van der Waals surface area (Å²) in [5, 5.41) is 16.8. The summed E-state index contributed by atoms with van der Waals surface area (Å²) in [4.78, 5) is 12.3. The van der Waals surface area contributed by atoms with Crippen LogP contribution < -0.4 is 10.6 Å². The van der Waals surface area contributed by atoms with Gasteiger partial charge < -0.3 is 25.2 Å². The number of amides is 1. The van der Waals surface area contributed by atoms with Crippen LogP contribution in [0.2, 0.25) is 0 Å². The second-order valence-electron chi connectivity index (χ2n) is 8.98. The lowest BCUT2D eigenvalue weighted by Crippen LogP contribution is -2.50. The third-order valence-corrected chi connectivity index (χ3v) is 5.09. The van der Waals surface area contributed by atoms with E-state index >= 15 is 0 Å². The molecular formula is C24H30F2N2O4. The molecule has 1 aliphatic rings. The van der Waals surface area contributed by atoms with Crippen molar-refractivity contribution in [3.05, 3.63) is 70.8 Å². The van der Waals surface area contributed by atoms with Crippen molar-refractivity contribution in [3.63, 3.8) is 0 Å². The van der Waals surface area contributed by atoms with Crippen molar-refractivity contribution in [2.75, 3.05) is 13.2 Å². The Morgan fingerprint density at radius 2 is 1.91 bits per heavy atom. The number of nitrogens with one attached hydrogen (secondary N) is 2. The Morgan fingerprint density at radius 3 is 2.59 bits per heavy atom. The third kappa shape index (κ3) is 6.98. The first-order chi connectivity index (χ1) is 15.1. The van der Waals surface area contributed by atoms with Crippen molar-refractivity contribution in [3.8, 4) is 0 Å². The van der Waals surface area contributed by atoms with Gasteiger partial charge in [0.15, 0.2) is 0 Å². The maximum Gasteiger partial charge on any atom is 0.407 e. The van der Waals surface area contributed by atoms with E-state index in [9.17, 15) is 18.7 Å². The first-order valence-electron chi connectivity index (χ1n) is 10.6. The molecule has 3 rings (SSSR count). The largest absolute Gasteiger partial charge is 0.444 e. The molecule has 2 aromatic carbocycles. The molecule has 0 aliphatic carbocycles. The van der Waals surface area contributed by atoms with Gasteiger partial charge in [0, 0.05) is 12.6 Å². The van der Waals surface area contributed by atoms with Crippen LogP contribution in [-0.2, 0) is 22.5 Å². The Kier molecular flexibility index (Phi) is 7.82. The molecule has 0 aromatic heterocycles. The normalized spacial score (nSPS) is 17.9. The molecule has 0 spiro atoms. The molecule has 1 amide bonds. The molecule has 1 heterocycles. The number of rotatable bonds is 7. The summed E-state index contributed by atoms with van der Waals surface area (Å²) in [6.07, 6.45) is -1.75. The maximum absolute atomic E-state index is 13.7. The number of carbonyl (C=O) groups excluding carboxylic acids is 1. The van der Waals surface area contributed by atoms with Crippen molar-refractivity contribution in [1.29, 1.82) is 0 Å². The lowest BCUT2D eigenvalue weighted by Gasteiger charge is -2.30. The SMILES string of the molecule is CC(C)(C)OC(=O)NC(Cc1cc(F)cc(F)c1)C(O)CNC1COCc2ccccc21. The molecule has 0 fully saturated rings. The molecule has 3 unspecified atom stereocenters. The summed E-state index contributed by atoms with van der Waals surface area (Å²) in [5.41, 5.74) is 1.75. The topological polar surface area (TPSA) is 79.8 Å². The standard InChI is InChI=1S/C24H30F2N2O4/c1-24(2,3)32-23(30)28-20(10-15-8-17(25)11-18(26)9-15)22(29)12-27-21-14-31-13-16-6-4-5-7-19(16)21/h4-9,11,20-22,27,29H,10,12-14H2,1-3H3,(H,28,30). The van der Waals surface area contributed by atoms with E-state index in [1.165, 1.54) is 12.1 Å². The van der Waals surface area contributed by atoms with E-state index in [2.05, 4.69) is 10.6 Å². The smallest absolute Gasteiger partial charge is 0.407 e. The monoisotopic (exact) mass is 448 g/mol. The Hall–Kier alpha value is -2.55. The van der Waals surface area contributed by atoms with E-state index in [0.29, 0.717) is 18.8 Å². The first-order valence-corrected chi connectivity index (χ1v) is 10.6. The van der Waals surface area contributed by atoms with Gasteiger partial charge in [-0.05, 0) is 56.0 Å². The van der Waals surface area contributed by atoms with E-state index in [-0.39, 0.29) is 19.0 Å². The highest BCUT2D eigenvalue weighted by atomic mass is 19.1. The lowest BCUT2D eigenvalue weighted by molar-refractivity contribution is 0.0401. The van der Waals surface area contributed by atoms with Crippen LogP contribution in [0.1, 0.15) is 43.5 Å². The fraction of sp³-hybridized carbons (Fsp3) is 0.458. The second kappa shape index (κ2) is 10.4. The van der Waals surface area contributed by atoms with E-state index in [1.54, 1.807) is 20.8 Å². The molecule has 6 nitrogen and oxygen atoms in total. The predicted molar refractivity (Wildman–Crippen MR) is 116 cm³/mol. The van der Waals surface area contributed by atoms with Crippen LogP contribution >= 0.6 is 0 Å². The minimum atomic E-state index is -1.05. The van der Waals surface area contributed by atoms with Crippen molar-refractivity contribution in [1.82, 2.24) is 10.6 Å². The van der Waals surface area contributed by atoms with Crippen molar-refractivity contribution >= 4 is 6.09 Å². The fourth-order valence-corrected chi connectivity index (χ4v) is 3.68. The molecule has 0 saturated carbocycles. The highest BCUT2D eigenvalue weighted by Crippen LogP contribution is 2.24. The van der Waals surface area contributed by atoms with Gasteiger partial charge in [-0.15, -0.1) is 0 Å². The average Bonchev–Trinajstić information content (AvgIpc) is 2.69. The Labute approximate surface area is 186 Å². The van der Waals surface area contributed by atoms with Gasteiger partial charge in [-0.2, -0.15) is 0 Å². The number of benzene rings is 2. The molecule has 0 saturated heterocycles. The van der Waals surface area contributed by atoms with Gasteiger partial charge in [0.25, 0.3) is 0 Å². The van der Waals surface area contributed by atoms with Crippen LogP contribution in [0.15, 0.2) is 42.5 Å². The van der Waals surface area contributed by atoms with Crippen LogP contribution in [-0.4, -0.2) is 42.1 Å². The number of aliphatic hydroxyl groups excluding tert-OH is 1.